The highest BCUT2D eigenvalue weighted by Crippen LogP contribution is 2.31. The third-order valence-electron chi connectivity index (χ3n) is 3.40. The summed E-state index contributed by atoms with van der Waals surface area (Å²) in [4.78, 5) is 0. The zero-order valence-corrected chi connectivity index (χ0v) is 7.92. The van der Waals surface area contributed by atoms with Gasteiger partial charge in [0.15, 0.2) is 0 Å². The summed E-state index contributed by atoms with van der Waals surface area (Å²) < 4.78 is 0. The highest BCUT2D eigenvalue weighted by Gasteiger charge is 2.30. The van der Waals surface area contributed by atoms with Crippen molar-refractivity contribution in [2.75, 3.05) is 0 Å². The molecule has 1 saturated carbocycles. The molecule has 1 N–H and O–H groups in total. The van der Waals surface area contributed by atoms with E-state index in [2.05, 4.69) is 24.4 Å². The lowest BCUT2D eigenvalue weighted by Gasteiger charge is -2.38. The molecule has 0 bridgehead atoms. The van der Waals surface area contributed by atoms with E-state index in [-0.39, 0.29) is 0 Å². The van der Waals surface area contributed by atoms with E-state index in [1.54, 1.807) is 0 Å². The van der Waals surface area contributed by atoms with Gasteiger partial charge < -0.3 is 5.32 Å². The molecular weight excluding hydrogens is 146 g/mol. The molecule has 1 nitrogen and oxygen atoms in total. The van der Waals surface area contributed by atoms with Gasteiger partial charge in [0.05, 0.1) is 0 Å². The summed E-state index contributed by atoms with van der Waals surface area (Å²) in [5, 5.41) is 3.75. The van der Waals surface area contributed by atoms with Crippen LogP contribution in [0, 0.1) is 5.92 Å². The van der Waals surface area contributed by atoms with Crippen molar-refractivity contribution in [2.45, 2.75) is 51.1 Å². The maximum Gasteiger partial charge on any atom is 0.0139 e. The number of hydrogen-bond acceptors (Lipinski definition) is 1. The fourth-order valence-electron chi connectivity index (χ4n) is 2.33. The molecule has 2 aliphatic rings. The lowest BCUT2D eigenvalue weighted by molar-refractivity contribution is 0.188. The van der Waals surface area contributed by atoms with E-state index in [1.165, 1.54) is 32.1 Å². The summed E-state index contributed by atoms with van der Waals surface area (Å²) in [6.07, 6.45) is 11.3. The predicted octanol–water partition coefficient (Wildman–Crippen LogP) is 2.48. The molecule has 0 spiro atoms. The Morgan fingerprint density at radius 1 is 1.25 bits per heavy atom. The molecule has 0 saturated heterocycles. The highest BCUT2D eigenvalue weighted by molar-refractivity contribution is 5.00. The van der Waals surface area contributed by atoms with Crippen molar-refractivity contribution in [1.82, 2.24) is 5.32 Å². The molecule has 1 fully saturated rings. The molecule has 0 amide bonds. The van der Waals surface area contributed by atoms with Crippen molar-refractivity contribution in [3.05, 3.63) is 12.2 Å². The minimum absolute atomic E-state index is 0.768. The molecule has 2 atom stereocenters. The second-order valence-electron chi connectivity index (χ2n) is 4.16. The van der Waals surface area contributed by atoms with Gasteiger partial charge >= 0.3 is 0 Å². The predicted molar refractivity (Wildman–Crippen MR) is 52.1 cm³/mol. The summed E-state index contributed by atoms with van der Waals surface area (Å²) in [6, 6.07) is 1.62. The molecule has 68 valence electrons. The van der Waals surface area contributed by atoms with E-state index >= 15 is 0 Å². The lowest BCUT2D eigenvalue weighted by Crippen LogP contribution is -2.47. The van der Waals surface area contributed by atoms with E-state index in [4.69, 9.17) is 0 Å². The topological polar surface area (TPSA) is 12.0 Å². The Morgan fingerprint density at radius 3 is 2.50 bits per heavy atom. The fourth-order valence-corrected chi connectivity index (χ4v) is 2.33. The second kappa shape index (κ2) is 3.61. The molecule has 0 aliphatic heterocycles. The van der Waals surface area contributed by atoms with Gasteiger partial charge in [-0.05, 0) is 31.6 Å². The van der Waals surface area contributed by atoms with Gasteiger partial charge in [0.1, 0.15) is 0 Å². The van der Waals surface area contributed by atoms with Crippen molar-refractivity contribution >= 4 is 0 Å². The van der Waals surface area contributed by atoms with Crippen LogP contribution >= 0.6 is 0 Å². The van der Waals surface area contributed by atoms with E-state index in [1.807, 2.05) is 0 Å². The van der Waals surface area contributed by atoms with Gasteiger partial charge in [0.25, 0.3) is 0 Å². The first kappa shape index (κ1) is 8.31. The molecule has 12 heavy (non-hydrogen) atoms. The Balaban J connectivity index is 1.72. The Labute approximate surface area is 75.2 Å². The molecule has 1 heteroatoms. The average molecular weight is 165 g/mol. The van der Waals surface area contributed by atoms with Gasteiger partial charge in [-0.15, -0.1) is 0 Å². The van der Waals surface area contributed by atoms with Crippen LogP contribution in [-0.4, -0.2) is 12.1 Å². The fraction of sp³-hybridized carbons (Fsp3) is 0.818. The van der Waals surface area contributed by atoms with E-state index in [0.29, 0.717) is 0 Å². The summed E-state index contributed by atoms with van der Waals surface area (Å²) in [5.41, 5.74) is 0. The molecule has 2 unspecified atom stereocenters. The van der Waals surface area contributed by atoms with E-state index in [0.717, 1.165) is 18.0 Å². The van der Waals surface area contributed by atoms with Crippen LogP contribution in [-0.2, 0) is 0 Å². The molecule has 0 radical (unpaired) electrons. The van der Waals surface area contributed by atoms with Gasteiger partial charge in [0.2, 0.25) is 0 Å². The van der Waals surface area contributed by atoms with Gasteiger partial charge in [0, 0.05) is 12.1 Å². The third-order valence-corrected chi connectivity index (χ3v) is 3.40. The second-order valence-corrected chi connectivity index (χ2v) is 4.16. The molecule has 0 heterocycles. The zero-order chi connectivity index (χ0) is 8.39. The highest BCUT2D eigenvalue weighted by atomic mass is 15.0. The van der Waals surface area contributed by atoms with Crippen molar-refractivity contribution in [3.63, 3.8) is 0 Å². The minimum atomic E-state index is 0.768. The molecular formula is C11H19N. The van der Waals surface area contributed by atoms with Gasteiger partial charge in [-0.2, -0.15) is 0 Å². The van der Waals surface area contributed by atoms with Crippen LogP contribution in [0.25, 0.3) is 0 Å². The standard InChI is InChI=1S/C11H19N/c1-2-9-7-8-11(9)12-10-5-3-4-6-10/h3-4,9-12H,2,5-8H2,1H3. The number of hydrogen-bond donors (Lipinski definition) is 1. The van der Waals surface area contributed by atoms with Crippen LogP contribution in [0.2, 0.25) is 0 Å². The number of rotatable bonds is 3. The molecule has 0 aromatic heterocycles. The minimum Gasteiger partial charge on any atom is -0.310 e. The van der Waals surface area contributed by atoms with E-state index in [9.17, 15) is 0 Å². The normalized spacial score (nSPS) is 35.4. The average Bonchev–Trinajstić information content (AvgIpc) is 2.51. The Morgan fingerprint density at radius 2 is 2.00 bits per heavy atom. The lowest BCUT2D eigenvalue weighted by atomic mass is 9.77. The van der Waals surface area contributed by atoms with Crippen LogP contribution in [0.3, 0.4) is 0 Å². The first-order valence-electron chi connectivity index (χ1n) is 5.31. The SMILES string of the molecule is CCC1CCC1NC1CC=CC1. The van der Waals surface area contributed by atoms with Crippen LogP contribution in [0.1, 0.15) is 39.0 Å². The smallest absolute Gasteiger partial charge is 0.0139 e. The van der Waals surface area contributed by atoms with Crippen LogP contribution in [0.15, 0.2) is 12.2 Å². The zero-order valence-electron chi connectivity index (χ0n) is 7.92. The summed E-state index contributed by atoms with van der Waals surface area (Å²) in [6.45, 7) is 2.31. The summed E-state index contributed by atoms with van der Waals surface area (Å²) in [5.74, 6) is 0.977. The Kier molecular flexibility index (Phi) is 2.50. The summed E-state index contributed by atoms with van der Waals surface area (Å²) >= 11 is 0. The van der Waals surface area contributed by atoms with Crippen molar-refractivity contribution < 1.29 is 0 Å². The first-order chi connectivity index (χ1) is 5.90. The molecule has 0 aromatic rings. The third kappa shape index (κ3) is 1.56. The van der Waals surface area contributed by atoms with Crippen molar-refractivity contribution in [3.8, 4) is 0 Å². The first-order valence-corrected chi connectivity index (χ1v) is 5.31. The maximum atomic E-state index is 3.75. The quantitative estimate of drug-likeness (QED) is 0.633. The van der Waals surface area contributed by atoms with Gasteiger partial charge in [-0.3, -0.25) is 0 Å². The number of nitrogens with one attached hydrogen (secondary N) is 1. The van der Waals surface area contributed by atoms with Crippen molar-refractivity contribution in [2.24, 2.45) is 5.92 Å². The van der Waals surface area contributed by atoms with Gasteiger partial charge in [-0.25, -0.2) is 0 Å². The van der Waals surface area contributed by atoms with Crippen LogP contribution in [0.5, 0.6) is 0 Å². The van der Waals surface area contributed by atoms with Crippen LogP contribution < -0.4 is 5.32 Å². The molecule has 2 rings (SSSR count). The molecule has 2 aliphatic carbocycles. The Bertz CT molecular complexity index is 164. The maximum absolute atomic E-state index is 3.75. The summed E-state index contributed by atoms with van der Waals surface area (Å²) in [7, 11) is 0. The van der Waals surface area contributed by atoms with Gasteiger partial charge in [-0.1, -0.05) is 25.5 Å². The van der Waals surface area contributed by atoms with Crippen molar-refractivity contribution in [1.29, 1.82) is 0 Å². The monoisotopic (exact) mass is 165 g/mol. The molecule has 0 aromatic carbocycles. The van der Waals surface area contributed by atoms with Crippen LogP contribution in [0.4, 0.5) is 0 Å². The largest absolute Gasteiger partial charge is 0.310 e. The Hall–Kier alpha value is -0.300. The van der Waals surface area contributed by atoms with E-state index < -0.39 is 0 Å².